The fourth-order valence-corrected chi connectivity index (χ4v) is 1.28. The summed E-state index contributed by atoms with van der Waals surface area (Å²) in [7, 11) is 0. The fraction of sp³-hybridized carbons (Fsp3) is 0.375. The minimum atomic E-state index is 0.556. The van der Waals surface area contributed by atoms with Crippen molar-refractivity contribution in [2.75, 3.05) is 13.1 Å². The van der Waals surface area contributed by atoms with Crippen LogP contribution in [0.2, 0.25) is 0 Å². The second-order valence-corrected chi connectivity index (χ2v) is 4.30. The molecule has 0 heterocycles. The Morgan fingerprint density at radius 1 is 0.679 bits per heavy atom. The molecule has 0 spiro atoms. The average Bonchev–Trinajstić information content (AvgIpc) is 2.74. The van der Waals surface area contributed by atoms with Crippen LogP contribution in [-0.4, -0.2) is 37.9 Å². The number of unbranched alkanes of at least 4 members (excludes halogenated alkanes) is 3. The molecular formula is C16H26N10O2. The lowest BCUT2D eigenvalue weighted by molar-refractivity contribution is 0.558. The largest absolute Gasteiger partial charge is 0.322 e. The lowest BCUT2D eigenvalue weighted by atomic mass is 10.2. The first-order valence-electron chi connectivity index (χ1n) is 7.98. The number of hydrogen-bond acceptors (Lipinski definition) is 10. The van der Waals surface area contributed by atoms with Crippen LogP contribution in [0, 0.1) is 11.1 Å². The Bertz CT molecular complexity index is 530. The summed E-state index contributed by atoms with van der Waals surface area (Å²) in [5.41, 5.74) is 12.0. The van der Waals surface area contributed by atoms with Crippen LogP contribution in [0.15, 0.2) is 66.8 Å². The van der Waals surface area contributed by atoms with Gasteiger partial charge in [-0.3, -0.25) is 0 Å². The lowest BCUT2D eigenvalue weighted by Gasteiger charge is -1.93. The van der Waals surface area contributed by atoms with E-state index in [4.69, 9.17) is 11.1 Å². The van der Waals surface area contributed by atoms with Crippen molar-refractivity contribution in [1.29, 1.82) is 11.1 Å². The summed E-state index contributed by atoms with van der Waals surface area (Å²) in [4.78, 5) is 26.1. The smallest absolute Gasteiger partial charge is 0.234 e. The quantitative estimate of drug-likeness (QED) is 0.0952. The predicted octanol–water partition coefficient (Wildman–Crippen LogP) is 2.74. The minimum absolute atomic E-state index is 0.556. The van der Waals surface area contributed by atoms with Crippen LogP contribution in [-0.2, 0) is 9.59 Å². The lowest BCUT2D eigenvalue weighted by Crippen LogP contribution is -1.84. The van der Waals surface area contributed by atoms with Gasteiger partial charge < -0.3 is 11.7 Å². The number of nitrogens with zero attached hydrogens (tertiary/aromatic N) is 6. The molecule has 28 heavy (non-hydrogen) atoms. The molecule has 1 rings (SSSR count). The maximum Gasteiger partial charge on any atom is 0.234 e. The molecule has 0 fully saturated rings. The van der Waals surface area contributed by atoms with E-state index in [1.807, 2.05) is 36.4 Å². The molecule has 0 radical (unpaired) electrons. The summed E-state index contributed by atoms with van der Waals surface area (Å²) in [6.07, 6.45) is 8.69. The molecule has 0 aliphatic carbocycles. The molecule has 0 aromatic heterocycles. The average molecular weight is 390 g/mol. The molecule has 1 aromatic carbocycles. The fourth-order valence-electron chi connectivity index (χ4n) is 1.28. The van der Waals surface area contributed by atoms with E-state index >= 15 is 0 Å². The first-order valence-corrected chi connectivity index (χ1v) is 7.98. The van der Waals surface area contributed by atoms with Crippen LogP contribution in [0.1, 0.15) is 25.7 Å². The van der Waals surface area contributed by atoms with Crippen molar-refractivity contribution in [1.82, 2.24) is 0 Å². The van der Waals surface area contributed by atoms with Crippen molar-refractivity contribution < 1.29 is 9.59 Å². The molecule has 0 saturated heterocycles. The van der Waals surface area contributed by atoms with Crippen LogP contribution in [0.25, 0.3) is 0 Å². The highest BCUT2D eigenvalue weighted by Gasteiger charge is 1.87. The van der Waals surface area contributed by atoms with Crippen molar-refractivity contribution >= 4 is 24.8 Å². The number of carbonyl (C=O) groups excluding carboxylic acids is 2. The number of benzene rings is 1. The molecule has 0 unspecified atom stereocenters. The second kappa shape index (κ2) is 34.5. The van der Waals surface area contributed by atoms with Crippen LogP contribution in [0.5, 0.6) is 0 Å². The Kier molecular flexibility index (Phi) is 35.6. The standard InChI is InChI=1S/C8H12N2O2.C6H6.2CH4N4/c11-7-9-5-3-1-2-4-6-10-8-12;1-2-4-6-5-3-1;2*2-4-1-5-3/h1-6H2;1-6H;2*1-2H,3H2. The van der Waals surface area contributed by atoms with Gasteiger partial charge in [-0.25, -0.2) is 30.6 Å². The van der Waals surface area contributed by atoms with Gasteiger partial charge in [0, 0.05) is 0 Å². The van der Waals surface area contributed by atoms with Gasteiger partial charge in [-0.2, -0.15) is 10.2 Å². The summed E-state index contributed by atoms with van der Waals surface area (Å²) in [5, 5.41) is 11.1. The van der Waals surface area contributed by atoms with Crippen LogP contribution in [0.4, 0.5) is 0 Å². The normalized spacial score (nSPS) is 8.43. The molecule has 0 bridgehead atoms. The van der Waals surface area contributed by atoms with Crippen LogP contribution in [0.3, 0.4) is 0 Å². The molecule has 0 saturated carbocycles. The molecule has 0 atom stereocenters. The minimum Gasteiger partial charge on any atom is -0.322 e. The Morgan fingerprint density at radius 3 is 1.18 bits per heavy atom. The summed E-state index contributed by atoms with van der Waals surface area (Å²) in [6.45, 7) is 1.11. The summed E-state index contributed by atoms with van der Waals surface area (Å²) < 4.78 is 0. The SMILES string of the molecule is N=NC=NN.N=NC=NN.O=C=NCCCCCCN=C=O.c1ccccc1. The number of nitrogens with one attached hydrogen (secondary N) is 2. The van der Waals surface area contributed by atoms with Crippen LogP contribution >= 0.6 is 0 Å². The summed E-state index contributed by atoms with van der Waals surface area (Å²) >= 11 is 0. The summed E-state index contributed by atoms with van der Waals surface area (Å²) in [5.74, 6) is 8.99. The maximum atomic E-state index is 9.63. The van der Waals surface area contributed by atoms with Crippen molar-refractivity contribution in [3.05, 3.63) is 36.4 Å². The highest BCUT2D eigenvalue weighted by Crippen LogP contribution is 1.99. The third-order valence-electron chi connectivity index (χ3n) is 2.33. The molecule has 0 aliphatic heterocycles. The Labute approximate surface area is 163 Å². The van der Waals surface area contributed by atoms with E-state index in [9.17, 15) is 9.59 Å². The van der Waals surface area contributed by atoms with E-state index in [0.29, 0.717) is 13.1 Å². The number of rotatable bonds is 9. The van der Waals surface area contributed by atoms with Gasteiger partial charge in [0.2, 0.25) is 12.2 Å². The number of nitrogens with two attached hydrogens (primary N) is 2. The zero-order valence-corrected chi connectivity index (χ0v) is 15.5. The first kappa shape index (κ1) is 28.9. The van der Waals surface area contributed by atoms with Gasteiger partial charge in [0.25, 0.3) is 0 Å². The van der Waals surface area contributed by atoms with E-state index in [-0.39, 0.29) is 0 Å². The topological polar surface area (TPSA) is 208 Å². The third-order valence-corrected chi connectivity index (χ3v) is 2.33. The Balaban J connectivity index is -0.000000327. The van der Waals surface area contributed by atoms with Crippen molar-refractivity contribution in [2.45, 2.75) is 25.7 Å². The number of aliphatic imine (C=N–C) groups is 2. The monoisotopic (exact) mass is 390 g/mol. The van der Waals surface area contributed by atoms with E-state index in [0.717, 1.165) is 38.4 Å². The van der Waals surface area contributed by atoms with Gasteiger partial charge in [0.15, 0.2) is 12.7 Å². The van der Waals surface area contributed by atoms with Crippen molar-refractivity contribution in [3.63, 3.8) is 0 Å². The van der Waals surface area contributed by atoms with E-state index in [1.54, 1.807) is 0 Å². The van der Waals surface area contributed by atoms with Gasteiger partial charge in [0.05, 0.1) is 13.1 Å². The van der Waals surface area contributed by atoms with Crippen molar-refractivity contribution in [2.24, 2.45) is 42.1 Å². The molecular weight excluding hydrogens is 364 g/mol. The zero-order valence-electron chi connectivity index (χ0n) is 15.5. The van der Waals surface area contributed by atoms with E-state index in [2.05, 4.69) is 42.1 Å². The molecule has 152 valence electrons. The Hall–Kier alpha value is -3.88. The molecule has 12 nitrogen and oxygen atoms in total. The van der Waals surface area contributed by atoms with Gasteiger partial charge in [0.1, 0.15) is 0 Å². The Morgan fingerprint density at radius 2 is 1.00 bits per heavy atom. The predicted molar refractivity (Wildman–Crippen MR) is 107 cm³/mol. The first-order chi connectivity index (χ1) is 13.7. The number of isocyanates is 2. The summed E-state index contributed by atoms with van der Waals surface area (Å²) in [6, 6.07) is 12.0. The highest BCUT2D eigenvalue weighted by atomic mass is 16.1. The molecule has 0 amide bonds. The molecule has 12 heteroatoms. The van der Waals surface area contributed by atoms with Gasteiger partial charge in [-0.15, -0.1) is 10.2 Å². The maximum absolute atomic E-state index is 9.63. The van der Waals surface area contributed by atoms with Crippen LogP contribution < -0.4 is 11.7 Å². The molecule has 6 N–H and O–H groups in total. The number of hydrogen-bond donors (Lipinski definition) is 4. The molecule has 0 aliphatic rings. The second-order valence-electron chi connectivity index (χ2n) is 4.30. The van der Waals surface area contributed by atoms with Crippen molar-refractivity contribution in [3.8, 4) is 0 Å². The van der Waals surface area contributed by atoms with Gasteiger partial charge >= 0.3 is 0 Å². The molecule has 1 aromatic rings. The highest BCUT2D eigenvalue weighted by molar-refractivity contribution is 5.53. The third kappa shape index (κ3) is 43.2. The van der Waals surface area contributed by atoms with E-state index in [1.165, 1.54) is 12.2 Å². The zero-order chi connectivity index (χ0) is 21.6. The van der Waals surface area contributed by atoms with Gasteiger partial charge in [-0.05, 0) is 12.8 Å². The van der Waals surface area contributed by atoms with E-state index < -0.39 is 0 Å². The number of hydrazone groups is 2. The van der Waals surface area contributed by atoms with Gasteiger partial charge in [-0.1, -0.05) is 49.2 Å².